The number of ether oxygens (including phenoxy) is 2. The zero-order valence-corrected chi connectivity index (χ0v) is 16.1. The molecule has 1 fully saturated rings. The molecule has 3 N–H and O–H groups in total. The molecule has 2 aromatic rings. The van der Waals surface area contributed by atoms with Gasteiger partial charge in [-0.2, -0.15) is 5.10 Å². The van der Waals surface area contributed by atoms with E-state index < -0.39 is 6.09 Å². The molecule has 0 bridgehead atoms. The molecule has 2 amide bonds. The number of carbonyl (C=O) groups is 2. The van der Waals surface area contributed by atoms with Gasteiger partial charge in [-0.05, 0) is 38.7 Å². The molecule has 150 valence electrons. The van der Waals surface area contributed by atoms with E-state index in [0.717, 1.165) is 24.1 Å². The smallest absolute Gasteiger partial charge is 0.413 e. The highest BCUT2D eigenvalue weighted by atomic mass is 16.6. The maximum atomic E-state index is 11.9. The number of hydrogen-bond donors (Lipinski definition) is 3. The Balaban J connectivity index is 1.45. The number of benzene rings is 1. The number of carbonyl (C=O) groups excluding carboxylic acids is 2. The van der Waals surface area contributed by atoms with Crippen molar-refractivity contribution in [2.24, 2.45) is 0 Å². The Morgan fingerprint density at radius 3 is 2.75 bits per heavy atom. The fraction of sp³-hybridized carbons (Fsp3) is 0.450. The molecule has 2 atom stereocenters. The van der Waals surface area contributed by atoms with E-state index in [-0.39, 0.29) is 30.8 Å². The number of amides is 2. The van der Waals surface area contributed by atoms with Crippen molar-refractivity contribution < 1.29 is 19.1 Å². The van der Waals surface area contributed by atoms with Gasteiger partial charge in [-0.1, -0.05) is 30.3 Å². The van der Waals surface area contributed by atoms with Gasteiger partial charge in [-0.25, -0.2) is 9.59 Å². The van der Waals surface area contributed by atoms with E-state index >= 15 is 0 Å². The average molecular weight is 386 g/mol. The van der Waals surface area contributed by atoms with Crippen LogP contribution in [-0.4, -0.2) is 34.5 Å². The Morgan fingerprint density at radius 1 is 1.21 bits per heavy atom. The Labute approximate surface area is 164 Å². The van der Waals surface area contributed by atoms with Crippen molar-refractivity contribution >= 4 is 18.0 Å². The van der Waals surface area contributed by atoms with Gasteiger partial charge in [0.05, 0.1) is 5.69 Å². The fourth-order valence-corrected chi connectivity index (χ4v) is 3.22. The third-order valence-electron chi connectivity index (χ3n) is 4.53. The summed E-state index contributed by atoms with van der Waals surface area (Å²) in [7, 11) is 0. The summed E-state index contributed by atoms with van der Waals surface area (Å²) in [5.41, 5.74) is 1.76. The van der Waals surface area contributed by atoms with Crippen molar-refractivity contribution in [1.82, 2.24) is 15.5 Å². The number of nitrogens with zero attached hydrogens (tertiary/aromatic N) is 1. The van der Waals surface area contributed by atoms with Crippen LogP contribution in [0.4, 0.5) is 15.4 Å². The van der Waals surface area contributed by atoms with Crippen LogP contribution in [0.3, 0.4) is 0 Å². The van der Waals surface area contributed by atoms with E-state index in [1.165, 1.54) is 0 Å². The van der Waals surface area contributed by atoms with Crippen LogP contribution in [-0.2, 0) is 16.1 Å². The van der Waals surface area contributed by atoms with Gasteiger partial charge >= 0.3 is 12.2 Å². The van der Waals surface area contributed by atoms with Crippen LogP contribution < -0.4 is 10.6 Å². The molecule has 1 aliphatic carbocycles. The van der Waals surface area contributed by atoms with E-state index in [0.29, 0.717) is 12.2 Å². The van der Waals surface area contributed by atoms with Crippen LogP contribution in [0.1, 0.15) is 50.3 Å². The molecule has 1 aromatic heterocycles. The van der Waals surface area contributed by atoms with Crippen LogP contribution in [0, 0.1) is 0 Å². The summed E-state index contributed by atoms with van der Waals surface area (Å²) >= 11 is 0. The first kappa shape index (κ1) is 19.7. The van der Waals surface area contributed by atoms with Crippen LogP contribution in [0.25, 0.3) is 0 Å². The van der Waals surface area contributed by atoms with Crippen molar-refractivity contribution in [3.63, 3.8) is 0 Å². The number of hydrogen-bond acceptors (Lipinski definition) is 5. The summed E-state index contributed by atoms with van der Waals surface area (Å²) in [5, 5.41) is 12.5. The van der Waals surface area contributed by atoms with Crippen molar-refractivity contribution in [3.05, 3.63) is 47.7 Å². The van der Waals surface area contributed by atoms with E-state index in [4.69, 9.17) is 9.47 Å². The molecular weight excluding hydrogens is 360 g/mol. The molecule has 28 heavy (non-hydrogen) atoms. The van der Waals surface area contributed by atoms with Gasteiger partial charge in [0.2, 0.25) is 0 Å². The highest BCUT2D eigenvalue weighted by Gasteiger charge is 2.30. The maximum Gasteiger partial charge on any atom is 0.413 e. The predicted molar refractivity (Wildman–Crippen MR) is 104 cm³/mol. The van der Waals surface area contributed by atoms with Crippen LogP contribution in [0.5, 0.6) is 0 Å². The molecule has 1 saturated carbocycles. The van der Waals surface area contributed by atoms with Crippen molar-refractivity contribution in [1.29, 1.82) is 0 Å². The molecule has 1 aliphatic rings. The SMILES string of the molecule is CC(C)NC(=O)O[C@@H]1CC[C@H](c2cc(NC(=O)OCc3ccccc3)[nH]n2)C1. The molecular formula is C20H26N4O4. The molecule has 1 aromatic carbocycles. The van der Waals surface area contributed by atoms with Gasteiger partial charge in [-0.15, -0.1) is 0 Å². The third-order valence-corrected chi connectivity index (χ3v) is 4.53. The summed E-state index contributed by atoms with van der Waals surface area (Å²) in [4.78, 5) is 23.7. The van der Waals surface area contributed by atoms with Gasteiger partial charge in [-0.3, -0.25) is 10.4 Å². The van der Waals surface area contributed by atoms with Crippen LogP contribution in [0.2, 0.25) is 0 Å². The summed E-state index contributed by atoms with van der Waals surface area (Å²) in [6.45, 7) is 3.98. The number of nitrogens with one attached hydrogen (secondary N) is 3. The summed E-state index contributed by atoms with van der Waals surface area (Å²) in [6.07, 6.45) is 1.34. The molecule has 0 unspecified atom stereocenters. The number of rotatable bonds is 6. The molecule has 3 rings (SSSR count). The van der Waals surface area contributed by atoms with Gasteiger partial charge in [0, 0.05) is 18.0 Å². The van der Waals surface area contributed by atoms with Crippen LogP contribution in [0.15, 0.2) is 36.4 Å². The third kappa shape index (κ3) is 5.73. The maximum absolute atomic E-state index is 11.9. The quantitative estimate of drug-likeness (QED) is 0.698. The molecule has 0 spiro atoms. The number of anilines is 1. The second-order valence-electron chi connectivity index (χ2n) is 7.23. The molecule has 8 heteroatoms. The van der Waals surface area contributed by atoms with Gasteiger partial charge in [0.1, 0.15) is 18.5 Å². The van der Waals surface area contributed by atoms with Gasteiger partial charge in [0.25, 0.3) is 0 Å². The normalized spacial score (nSPS) is 18.7. The standard InChI is InChI=1S/C20H26N4O4/c1-13(2)21-20(26)28-16-9-8-15(10-16)17-11-18(24-23-17)22-19(25)27-12-14-6-4-3-5-7-14/h3-7,11,13,15-16H,8-10,12H2,1-2H3,(H,21,26)(H2,22,23,24,25)/t15-,16+/m0/s1. The Kier molecular flexibility index (Phi) is 6.52. The lowest BCUT2D eigenvalue weighted by Gasteiger charge is -2.14. The van der Waals surface area contributed by atoms with Crippen LogP contribution >= 0.6 is 0 Å². The second kappa shape index (κ2) is 9.25. The lowest BCUT2D eigenvalue weighted by atomic mass is 10.0. The lowest BCUT2D eigenvalue weighted by molar-refractivity contribution is 0.0981. The van der Waals surface area contributed by atoms with E-state index in [2.05, 4.69) is 20.8 Å². The summed E-state index contributed by atoms with van der Waals surface area (Å²) in [5.74, 6) is 0.666. The van der Waals surface area contributed by atoms with Gasteiger partial charge < -0.3 is 14.8 Å². The summed E-state index contributed by atoms with van der Waals surface area (Å²) in [6, 6.07) is 11.3. The Morgan fingerprint density at radius 2 is 2.00 bits per heavy atom. The summed E-state index contributed by atoms with van der Waals surface area (Å²) < 4.78 is 10.6. The number of alkyl carbamates (subject to hydrolysis) is 1. The first-order valence-corrected chi connectivity index (χ1v) is 9.49. The average Bonchev–Trinajstić information content (AvgIpc) is 3.29. The van der Waals surface area contributed by atoms with Crippen molar-refractivity contribution in [3.8, 4) is 0 Å². The Bertz CT molecular complexity index is 791. The number of aromatic nitrogens is 2. The highest BCUT2D eigenvalue weighted by molar-refractivity contribution is 5.83. The second-order valence-corrected chi connectivity index (χ2v) is 7.23. The number of aromatic amines is 1. The minimum atomic E-state index is -0.544. The van der Waals surface area contributed by atoms with E-state index in [1.807, 2.05) is 44.2 Å². The van der Waals surface area contributed by atoms with Gasteiger partial charge in [0.15, 0.2) is 0 Å². The largest absolute Gasteiger partial charge is 0.446 e. The molecule has 0 radical (unpaired) electrons. The molecule has 0 saturated heterocycles. The minimum Gasteiger partial charge on any atom is -0.446 e. The fourth-order valence-electron chi connectivity index (χ4n) is 3.22. The first-order valence-electron chi connectivity index (χ1n) is 9.49. The lowest BCUT2D eigenvalue weighted by Crippen LogP contribution is -2.33. The molecule has 8 nitrogen and oxygen atoms in total. The van der Waals surface area contributed by atoms with Crippen molar-refractivity contribution in [2.75, 3.05) is 5.32 Å². The van der Waals surface area contributed by atoms with E-state index in [9.17, 15) is 9.59 Å². The minimum absolute atomic E-state index is 0.0475. The topological polar surface area (TPSA) is 105 Å². The monoisotopic (exact) mass is 386 g/mol. The van der Waals surface area contributed by atoms with Crippen molar-refractivity contribution in [2.45, 2.75) is 57.8 Å². The zero-order chi connectivity index (χ0) is 19.9. The highest BCUT2D eigenvalue weighted by Crippen LogP contribution is 2.35. The first-order chi connectivity index (χ1) is 13.5. The van der Waals surface area contributed by atoms with E-state index in [1.54, 1.807) is 6.07 Å². The molecule has 1 heterocycles. The molecule has 0 aliphatic heterocycles. The Hall–Kier alpha value is -3.03. The predicted octanol–water partition coefficient (Wildman–Crippen LogP) is 3.93. The number of H-pyrrole nitrogens is 1. The zero-order valence-electron chi connectivity index (χ0n) is 16.1.